The van der Waals surface area contributed by atoms with Gasteiger partial charge in [0.05, 0.1) is 16.5 Å². The van der Waals surface area contributed by atoms with Crippen LogP contribution in [0.25, 0.3) is 6.08 Å². The van der Waals surface area contributed by atoms with Crippen molar-refractivity contribution in [1.29, 1.82) is 5.26 Å². The van der Waals surface area contributed by atoms with Crippen LogP contribution in [0.2, 0.25) is 0 Å². The van der Waals surface area contributed by atoms with Crippen LogP contribution < -0.4 is 10.2 Å². The molecule has 0 aliphatic carbocycles. The van der Waals surface area contributed by atoms with Gasteiger partial charge in [-0.15, -0.1) is 0 Å². The van der Waals surface area contributed by atoms with E-state index >= 15 is 0 Å². The Hall–Kier alpha value is -3.15. The number of nitriles is 1. The van der Waals surface area contributed by atoms with Crippen LogP contribution >= 0.6 is 0 Å². The van der Waals surface area contributed by atoms with Gasteiger partial charge in [0.1, 0.15) is 0 Å². The zero-order valence-electron chi connectivity index (χ0n) is 12.3. The minimum Gasteiger partial charge on any atom is -0.288 e. The van der Waals surface area contributed by atoms with Crippen molar-refractivity contribution in [2.45, 2.75) is 4.90 Å². The van der Waals surface area contributed by atoms with Gasteiger partial charge in [0.25, 0.3) is 15.9 Å². The first kappa shape index (κ1) is 17.2. The number of nitrogens with one attached hydrogen (secondary N) is 2. The summed E-state index contributed by atoms with van der Waals surface area (Å²) in [4.78, 5) is 11.0. The van der Waals surface area contributed by atoms with E-state index in [1.165, 1.54) is 54.0 Å². The first-order valence-corrected chi connectivity index (χ1v) is 8.18. The molecule has 0 aromatic heterocycles. The SMILES string of the molecule is N#Cc1ccc(NS(=O)(=O)c2cccc(/C=C/C(=O)NO)c2)cc1. The topological polar surface area (TPSA) is 119 Å². The molecule has 0 atom stereocenters. The maximum atomic E-state index is 12.4. The Balaban J connectivity index is 2.24. The van der Waals surface area contributed by atoms with E-state index in [-0.39, 0.29) is 4.90 Å². The molecule has 1 amide bonds. The van der Waals surface area contributed by atoms with E-state index in [4.69, 9.17) is 10.5 Å². The molecule has 24 heavy (non-hydrogen) atoms. The normalized spacial score (nSPS) is 11.0. The lowest BCUT2D eigenvalue weighted by Crippen LogP contribution is -2.15. The highest BCUT2D eigenvalue weighted by Crippen LogP contribution is 2.18. The Morgan fingerprint density at radius 1 is 1.17 bits per heavy atom. The largest absolute Gasteiger partial charge is 0.288 e. The van der Waals surface area contributed by atoms with Gasteiger partial charge in [-0.2, -0.15) is 5.26 Å². The third-order valence-electron chi connectivity index (χ3n) is 2.97. The lowest BCUT2D eigenvalue weighted by molar-refractivity contribution is -0.124. The molecular weight excluding hydrogens is 330 g/mol. The van der Waals surface area contributed by atoms with Crippen molar-refractivity contribution in [3.8, 4) is 6.07 Å². The Kier molecular flexibility index (Phi) is 5.31. The molecule has 2 rings (SSSR count). The van der Waals surface area contributed by atoms with E-state index in [1.54, 1.807) is 6.07 Å². The fourth-order valence-corrected chi connectivity index (χ4v) is 2.93. The quantitative estimate of drug-likeness (QED) is 0.435. The zero-order chi connectivity index (χ0) is 17.6. The van der Waals surface area contributed by atoms with E-state index in [1.807, 2.05) is 6.07 Å². The van der Waals surface area contributed by atoms with Gasteiger partial charge in [-0.3, -0.25) is 14.7 Å². The maximum Gasteiger partial charge on any atom is 0.267 e. The second kappa shape index (κ2) is 7.41. The highest BCUT2D eigenvalue weighted by atomic mass is 32.2. The molecule has 0 radical (unpaired) electrons. The van der Waals surface area contributed by atoms with Crippen molar-refractivity contribution in [2.24, 2.45) is 0 Å². The van der Waals surface area contributed by atoms with Crippen molar-refractivity contribution < 1.29 is 18.4 Å². The molecular formula is C16H13N3O4S. The molecule has 0 aliphatic rings. The number of hydroxylamine groups is 1. The minimum absolute atomic E-state index is 0.0124. The Bertz CT molecular complexity index is 913. The van der Waals surface area contributed by atoms with Crippen molar-refractivity contribution >= 4 is 27.7 Å². The van der Waals surface area contributed by atoms with Crippen LogP contribution in [0.15, 0.2) is 59.5 Å². The number of anilines is 1. The molecule has 3 N–H and O–H groups in total. The Morgan fingerprint density at radius 2 is 1.88 bits per heavy atom. The molecule has 0 unspecified atom stereocenters. The van der Waals surface area contributed by atoms with Crippen LogP contribution in [0.1, 0.15) is 11.1 Å². The summed E-state index contributed by atoms with van der Waals surface area (Å²) < 4.78 is 27.2. The van der Waals surface area contributed by atoms with Crippen molar-refractivity contribution in [1.82, 2.24) is 5.48 Å². The second-order valence-corrected chi connectivity index (χ2v) is 6.36. The van der Waals surface area contributed by atoms with Crippen LogP contribution in [0, 0.1) is 11.3 Å². The molecule has 2 aromatic rings. The van der Waals surface area contributed by atoms with Crippen LogP contribution in [0.3, 0.4) is 0 Å². The number of nitrogens with zero attached hydrogens (tertiary/aromatic N) is 1. The third kappa shape index (κ3) is 4.42. The number of amides is 1. The fraction of sp³-hybridized carbons (Fsp3) is 0. The molecule has 0 fully saturated rings. The molecule has 0 bridgehead atoms. The van der Waals surface area contributed by atoms with Gasteiger partial charge in [0.2, 0.25) is 0 Å². The van der Waals surface area contributed by atoms with E-state index in [0.29, 0.717) is 16.8 Å². The van der Waals surface area contributed by atoms with Gasteiger partial charge in [0.15, 0.2) is 0 Å². The lowest BCUT2D eigenvalue weighted by atomic mass is 10.2. The zero-order valence-corrected chi connectivity index (χ0v) is 13.1. The smallest absolute Gasteiger partial charge is 0.267 e. The Labute approximate surface area is 138 Å². The van der Waals surface area contributed by atoms with Crippen molar-refractivity contribution in [3.05, 3.63) is 65.7 Å². The van der Waals surface area contributed by atoms with Gasteiger partial charge >= 0.3 is 0 Å². The number of carbonyl (C=O) groups is 1. The summed E-state index contributed by atoms with van der Waals surface area (Å²) in [5.41, 5.74) is 2.67. The third-order valence-corrected chi connectivity index (χ3v) is 4.35. The first-order valence-electron chi connectivity index (χ1n) is 6.70. The summed E-state index contributed by atoms with van der Waals surface area (Å²) in [7, 11) is -3.82. The Morgan fingerprint density at radius 3 is 2.50 bits per heavy atom. The number of rotatable bonds is 5. The number of benzene rings is 2. The van der Waals surface area contributed by atoms with Crippen LogP contribution in [0.5, 0.6) is 0 Å². The van der Waals surface area contributed by atoms with E-state index in [0.717, 1.165) is 6.08 Å². The van der Waals surface area contributed by atoms with Gasteiger partial charge in [-0.1, -0.05) is 12.1 Å². The maximum absolute atomic E-state index is 12.4. The van der Waals surface area contributed by atoms with Gasteiger partial charge in [-0.05, 0) is 48.0 Å². The molecule has 0 spiro atoms. The summed E-state index contributed by atoms with van der Waals surface area (Å²) in [5.74, 6) is -0.723. The molecule has 8 heteroatoms. The van der Waals surface area contributed by atoms with E-state index in [2.05, 4.69) is 4.72 Å². The van der Waals surface area contributed by atoms with Gasteiger partial charge in [0, 0.05) is 11.8 Å². The average molecular weight is 343 g/mol. The van der Waals surface area contributed by atoms with Crippen LogP contribution in [0.4, 0.5) is 5.69 Å². The van der Waals surface area contributed by atoms with Gasteiger partial charge < -0.3 is 0 Å². The minimum atomic E-state index is -3.82. The predicted molar refractivity (Wildman–Crippen MR) is 87.4 cm³/mol. The predicted octanol–water partition coefficient (Wildman–Crippen LogP) is 1.88. The summed E-state index contributed by atoms with van der Waals surface area (Å²) >= 11 is 0. The van der Waals surface area contributed by atoms with Gasteiger partial charge in [-0.25, -0.2) is 13.9 Å². The fourth-order valence-electron chi connectivity index (χ4n) is 1.82. The summed E-state index contributed by atoms with van der Waals surface area (Å²) in [6.45, 7) is 0. The standard InChI is InChI=1S/C16H13N3O4S/c17-11-13-4-7-14(8-5-13)19-24(22,23)15-3-1-2-12(10-15)6-9-16(20)18-21/h1-10,19,21H,(H,18,20)/b9-6+. The van der Waals surface area contributed by atoms with Crippen LogP contribution in [-0.2, 0) is 14.8 Å². The van der Waals surface area contributed by atoms with Crippen molar-refractivity contribution in [3.63, 3.8) is 0 Å². The number of hydrogen-bond donors (Lipinski definition) is 3. The highest BCUT2D eigenvalue weighted by molar-refractivity contribution is 7.92. The summed E-state index contributed by atoms with van der Waals surface area (Å²) in [6.07, 6.45) is 2.44. The highest BCUT2D eigenvalue weighted by Gasteiger charge is 2.14. The lowest BCUT2D eigenvalue weighted by Gasteiger charge is -2.08. The van der Waals surface area contributed by atoms with Crippen LogP contribution in [-0.4, -0.2) is 19.5 Å². The summed E-state index contributed by atoms with van der Waals surface area (Å²) in [5, 5.41) is 17.2. The number of carbonyl (C=O) groups excluding carboxylic acids is 1. The average Bonchev–Trinajstić information content (AvgIpc) is 2.60. The molecule has 7 nitrogen and oxygen atoms in total. The molecule has 0 aliphatic heterocycles. The molecule has 0 saturated carbocycles. The monoisotopic (exact) mass is 343 g/mol. The molecule has 2 aromatic carbocycles. The molecule has 0 saturated heterocycles. The number of sulfonamides is 1. The molecule has 0 heterocycles. The molecule has 122 valence electrons. The van der Waals surface area contributed by atoms with E-state index in [9.17, 15) is 13.2 Å². The van der Waals surface area contributed by atoms with Crippen molar-refractivity contribution in [2.75, 3.05) is 4.72 Å². The summed E-state index contributed by atoms with van der Waals surface area (Å²) in [6, 6.07) is 13.9. The van der Waals surface area contributed by atoms with E-state index < -0.39 is 15.9 Å². The second-order valence-electron chi connectivity index (χ2n) is 4.68. The number of hydrogen-bond acceptors (Lipinski definition) is 5. The first-order chi connectivity index (χ1) is 11.4.